The minimum atomic E-state index is -0.952. The molecule has 9 heteroatoms. The van der Waals surface area contributed by atoms with Gasteiger partial charge in [-0.15, -0.1) is 10.2 Å². The predicted octanol–water partition coefficient (Wildman–Crippen LogP) is 2.80. The number of aromatic nitrogens is 4. The van der Waals surface area contributed by atoms with Crippen molar-refractivity contribution < 1.29 is 8.78 Å². The lowest BCUT2D eigenvalue weighted by atomic mass is 10.3. The number of anilines is 1. The van der Waals surface area contributed by atoms with E-state index >= 15 is 0 Å². The fraction of sp³-hybridized carbons (Fsp3) is 0.0909. The summed E-state index contributed by atoms with van der Waals surface area (Å²) in [6, 6.07) is 2.05. The first kappa shape index (κ1) is 13.1. The zero-order chi connectivity index (χ0) is 14.3. The summed E-state index contributed by atoms with van der Waals surface area (Å²) in [5.41, 5.74) is 6.70. The molecule has 0 amide bonds. The number of nitrogens with two attached hydrogens (primary N) is 1. The zero-order valence-corrected chi connectivity index (χ0v) is 11.7. The lowest BCUT2D eigenvalue weighted by Crippen LogP contribution is -1.95. The minimum absolute atomic E-state index is 0.287. The smallest absolute Gasteiger partial charge is 0.203 e. The highest BCUT2D eigenvalue weighted by Crippen LogP contribution is 2.32. The summed E-state index contributed by atoms with van der Waals surface area (Å²) in [6.45, 7) is 1.74. The quantitative estimate of drug-likeness (QED) is 0.784. The van der Waals surface area contributed by atoms with Crippen LogP contribution < -0.4 is 5.73 Å². The number of fused-ring (bicyclic) bond motifs is 1. The maximum atomic E-state index is 13.2. The number of nitrogens with zero attached hydrogens (tertiary/aromatic N) is 4. The van der Waals surface area contributed by atoms with Crippen LogP contribution in [-0.2, 0) is 0 Å². The Labute approximate surface area is 120 Å². The van der Waals surface area contributed by atoms with Crippen LogP contribution in [0.1, 0.15) is 5.69 Å². The van der Waals surface area contributed by atoms with Crippen LogP contribution in [0.4, 0.5) is 13.9 Å². The Morgan fingerprint density at radius 2 is 1.75 bits per heavy atom. The summed E-state index contributed by atoms with van der Waals surface area (Å²) in [6.07, 6.45) is 0. The van der Waals surface area contributed by atoms with E-state index in [0.717, 1.165) is 12.1 Å². The van der Waals surface area contributed by atoms with Gasteiger partial charge in [-0.05, 0) is 18.7 Å². The normalized spacial score (nSPS) is 11.2. The number of rotatable bonds is 2. The lowest BCUT2D eigenvalue weighted by molar-refractivity contribution is 0.510. The molecule has 3 rings (SSSR count). The topological polar surface area (TPSA) is 77.6 Å². The number of hydrogen-bond acceptors (Lipinski definition) is 7. The van der Waals surface area contributed by atoms with Crippen molar-refractivity contribution >= 4 is 39.3 Å². The average Bonchev–Trinajstić information content (AvgIpc) is 2.79. The first-order valence-corrected chi connectivity index (χ1v) is 7.06. The van der Waals surface area contributed by atoms with Gasteiger partial charge in [0.1, 0.15) is 5.03 Å². The van der Waals surface area contributed by atoms with Crippen LogP contribution in [-0.4, -0.2) is 20.2 Å². The van der Waals surface area contributed by atoms with Gasteiger partial charge in [-0.25, -0.2) is 18.7 Å². The highest BCUT2D eigenvalue weighted by atomic mass is 32.2. The molecule has 2 aromatic heterocycles. The largest absolute Gasteiger partial charge is 0.374 e. The summed E-state index contributed by atoms with van der Waals surface area (Å²) in [5, 5.41) is 8.48. The van der Waals surface area contributed by atoms with Gasteiger partial charge in [-0.3, -0.25) is 0 Å². The number of benzene rings is 1. The van der Waals surface area contributed by atoms with Gasteiger partial charge in [0.15, 0.2) is 16.0 Å². The van der Waals surface area contributed by atoms with Gasteiger partial charge < -0.3 is 5.73 Å². The van der Waals surface area contributed by atoms with Crippen molar-refractivity contribution in [2.24, 2.45) is 0 Å². The molecular weight excluding hydrogens is 304 g/mol. The molecule has 1 aromatic carbocycles. The third-order valence-corrected chi connectivity index (χ3v) is 4.33. The number of nitrogen functional groups attached to an aromatic ring is 1. The predicted molar refractivity (Wildman–Crippen MR) is 72.6 cm³/mol. The van der Waals surface area contributed by atoms with E-state index in [0.29, 0.717) is 25.7 Å². The Morgan fingerprint density at radius 1 is 1.10 bits per heavy atom. The van der Waals surface area contributed by atoms with Crippen molar-refractivity contribution in [2.45, 2.75) is 16.3 Å². The van der Waals surface area contributed by atoms with Gasteiger partial charge in [-0.1, -0.05) is 11.3 Å². The Morgan fingerprint density at radius 3 is 2.35 bits per heavy atom. The van der Waals surface area contributed by atoms with E-state index in [4.69, 9.17) is 5.73 Å². The van der Waals surface area contributed by atoms with Crippen molar-refractivity contribution in [3.8, 4) is 0 Å². The van der Waals surface area contributed by atoms with Crippen LogP contribution in [0.15, 0.2) is 21.5 Å². The van der Waals surface area contributed by atoms with Gasteiger partial charge in [0, 0.05) is 12.1 Å². The molecule has 0 bridgehead atoms. The van der Waals surface area contributed by atoms with Crippen LogP contribution in [0.3, 0.4) is 0 Å². The van der Waals surface area contributed by atoms with E-state index in [1.54, 1.807) is 6.92 Å². The van der Waals surface area contributed by atoms with Crippen LogP contribution in [0.5, 0.6) is 0 Å². The molecular formula is C11H7F2N5S2. The Hall–Kier alpha value is -1.87. The maximum absolute atomic E-state index is 13.2. The maximum Gasteiger partial charge on any atom is 0.203 e. The SMILES string of the molecule is Cc1nc2cc(F)c(F)cc2nc1Sc1nnc(N)s1. The van der Waals surface area contributed by atoms with Gasteiger partial charge in [0.05, 0.1) is 16.7 Å². The summed E-state index contributed by atoms with van der Waals surface area (Å²) in [4.78, 5) is 8.49. The first-order chi connectivity index (χ1) is 9.52. The minimum Gasteiger partial charge on any atom is -0.374 e. The molecule has 5 nitrogen and oxygen atoms in total. The van der Waals surface area contributed by atoms with Gasteiger partial charge >= 0.3 is 0 Å². The van der Waals surface area contributed by atoms with E-state index < -0.39 is 11.6 Å². The highest BCUT2D eigenvalue weighted by molar-refractivity contribution is 8.01. The first-order valence-electron chi connectivity index (χ1n) is 5.43. The van der Waals surface area contributed by atoms with Crippen molar-refractivity contribution in [3.63, 3.8) is 0 Å². The summed E-state index contributed by atoms with van der Waals surface area (Å²) >= 11 is 2.45. The van der Waals surface area contributed by atoms with E-state index in [1.165, 1.54) is 23.1 Å². The van der Waals surface area contributed by atoms with Gasteiger partial charge in [0.2, 0.25) is 5.13 Å². The number of aryl methyl sites for hydroxylation is 1. The van der Waals surface area contributed by atoms with Crippen LogP contribution in [0, 0.1) is 18.6 Å². The zero-order valence-electron chi connectivity index (χ0n) is 10.1. The molecule has 3 aromatic rings. The van der Waals surface area contributed by atoms with E-state index in [9.17, 15) is 8.78 Å². The molecule has 0 aliphatic heterocycles. The third kappa shape index (κ3) is 2.41. The second-order valence-corrected chi connectivity index (χ2v) is 6.12. The van der Waals surface area contributed by atoms with E-state index in [2.05, 4.69) is 20.2 Å². The molecule has 0 aliphatic rings. The van der Waals surface area contributed by atoms with Gasteiger partial charge in [-0.2, -0.15) is 0 Å². The molecule has 0 unspecified atom stereocenters. The second kappa shape index (κ2) is 4.91. The summed E-state index contributed by atoms with van der Waals surface area (Å²) in [7, 11) is 0. The molecule has 0 spiro atoms. The molecule has 0 aliphatic carbocycles. The molecule has 0 fully saturated rings. The third-order valence-electron chi connectivity index (χ3n) is 2.44. The molecule has 20 heavy (non-hydrogen) atoms. The highest BCUT2D eigenvalue weighted by Gasteiger charge is 2.12. The van der Waals surface area contributed by atoms with Crippen LogP contribution in [0.2, 0.25) is 0 Å². The fourth-order valence-corrected chi connectivity index (χ4v) is 3.15. The molecule has 0 radical (unpaired) electrons. The van der Waals surface area contributed by atoms with Crippen LogP contribution in [0.25, 0.3) is 11.0 Å². The summed E-state index contributed by atoms with van der Waals surface area (Å²) in [5.74, 6) is -1.89. The Bertz CT molecular complexity index is 805. The van der Waals surface area contributed by atoms with Gasteiger partial charge in [0.25, 0.3) is 0 Å². The average molecular weight is 311 g/mol. The standard InChI is InChI=1S/C11H7F2N5S2/c1-4-9(19-11-18-17-10(14)20-11)16-8-3-6(13)5(12)2-7(8)15-4/h2-3H,1H3,(H2,14,17). The molecule has 102 valence electrons. The number of hydrogen-bond donors (Lipinski definition) is 1. The summed E-state index contributed by atoms with van der Waals surface area (Å²) < 4.78 is 27.0. The molecule has 0 saturated heterocycles. The monoisotopic (exact) mass is 311 g/mol. The Balaban J connectivity index is 2.07. The molecule has 2 heterocycles. The molecule has 0 atom stereocenters. The fourth-order valence-electron chi connectivity index (χ4n) is 1.56. The van der Waals surface area contributed by atoms with Crippen molar-refractivity contribution in [1.82, 2.24) is 20.2 Å². The number of halogens is 2. The van der Waals surface area contributed by atoms with Crippen molar-refractivity contribution in [3.05, 3.63) is 29.5 Å². The van der Waals surface area contributed by atoms with Crippen LogP contribution >= 0.6 is 23.1 Å². The van der Waals surface area contributed by atoms with E-state index in [1.807, 2.05) is 0 Å². The Kier molecular flexibility index (Phi) is 3.22. The second-order valence-electron chi connectivity index (χ2n) is 3.88. The molecule has 2 N–H and O–H groups in total. The molecule has 0 saturated carbocycles. The van der Waals surface area contributed by atoms with Crippen molar-refractivity contribution in [2.75, 3.05) is 5.73 Å². The lowest BCUT2D eigenvalue weighted by Gasteiger charge is -2.04. The van der Waals surface area contributed by atoms with E-state index in [-0.39, 0.29) is 5.52 Å². The van der Waals surface area contributed by atoms with Crippen molar-refractivity contribution in [1.29, 1.82) is 0 Å².